The van der Waals surface area contributed by atoms with E-state index in [1.807, 2.05) is 49.6 Å². The summed E-state index contributed by atoms with van der Waals surface area (Å²) in [7, 11) is 0. The smallest absolute Gasteiger partial charge is 0.172 e. The largest absolute Gasteiger partial charge is 0.293 e. The SMILES string of the molecule is CSC1=C(C#N)[C@H](c2ccccc2Cl)C(C(=O)c2ccccc2)C(C)=N1. The highest BCUT2D eigenvalue weighted by molar-refractivity contribution is 8.02. The molecule has 2 atom stereocenters. The minimum Gasteiger partial charge on any atom is -0.293 e. The lowest BCUT2D eigenvalue weighted by atomic mass is 9.74. The van der Waals surface area contributed by atoms with Gasteiger partial charge in [0.15, 0.2) is 5.78 Å². The Labute approximate surface area is 162 Å². The average molecular weight is 381 g/mol. The van der Waals surface area contributed by atoms with Crippen molar-refractivity contribution in [3.05, 3.63) is 81.3 Å². The van der Waals surface area contributed by atoms with E-state index in [-0.39, 0.29) is 5.78 Å². The second-order valence-corrected chi connectivity index (χ2v) is 7.20. The molecule has 1 heterocycles. The molecule has 0 fully saturated rings. The summed E-state index contributed by atoms with van der Waals surface area (Å²) >= 11 is 7.86. The molecule has 0 bridgehead atoms. The van der Waals surface area contributed by atoms with Gasteiger partial charge in [-0.05, 0) is 24.8 Å². The van der Waals surface area contributed by atoms with Crippen LogP contribution in [0.4, 0.5) is 0 Å². The maximum absolute atomic E-state index is 13.3. The molecule has 130 valence electrons. The van der Waals surface area contributed by atoms with E-state index >= 15 is 0 Å². The fourth-order valence-corrected chi connectivity index (χ4v) is 4.17. The Morgan fingerprint density at radius 1 is 1.15 bits per heavy atom. The van der Waals surface area contributed by atoms with E-state index in [9.17, 15) is 10.1 Å². The van der Waals surface area contributed by atoms with Crippen LogP contribution in [-0.2, 0) is 0 Å². The van der Waals surface area contributed by atoms with Crippen molar-refractivity contribution >= 4 is 34.9 Å². The normalized spacial score (nSPS) is 19.7. The first-order chi connectivity index (χ1) is 12.6. The van der Waals surface area contributed by atoms with Gasteiger partial charge in [0.25, 0.3) is 0 Å². The molecule has 2 aromatic carbocycles. The molecule has 1 aliphatic heterocycles. The Bertz CT molecular complexity index is 944. The molecular weight excluding hydrogens is 364 g/mol. The molecule has 3 nitrogen and oxygen atoms in total. The zero-order valence-electron chi connectivity index (χ0n) is 14.4. The Morgan fingerprint density at radius 2 is 1.81 bits per heavy atom. The molecule has 0 aliphatic carbocycles. The van der Waals surface area contributed by atoms with E-state index in [2.05, 4.69) is 11.1 Å². The Kier molecular flexibility index (Phi) is 5.61. The van der Waals surface area contributed by atoms with Crippen molar-refractivity contribution in [2.75, 3.05) is 6.26 Å². The fraction of sp³-hybridized carbons (Fsp3) is 0.190. The monoisotopic (exact) mass is 380 g/mol. The maximum Gasteiger partial charge on any atom is 0.172 e. The average Bonchev–Trinajstić information content (AvgIpc) is 2.67. The molecule has 0 saturated heterocycles. The molecule has 1 unspecified atom stereocenters. The summed E-state index contributed by atoms with van der Waals surface area (Å²) in [6, 6.07) is 18.8. The van der Waals surface area contributed by atoms with Gasteiger partial charge >= 0.3 is 0 Å². The van der Waals surface area contributed by atoms with Gasteiger partial charge in [-0.25, -0.2) is 4.99 Å². The number of ketones is 1. The van der Waals surface area contributed by atoms with Gasteiger partial charge in [-0.1, -0.05) is 60.1 Å². The van der Waals surface area contributed by atoms with Crippen LogP contribution in [0.2, 0.25) is 5.02 Å². The number of hydrogen-bond donors (Lipinski definition) is 0. The molecule has 0 amide bonds. The molecular formula is C21H17ClN2OS. The lowest BCUT2D eigenvalue weighted by Crippen LogP contribution is -2.33. The third-order valence-electron chi connectivity index (χ3n) is 4.50. The van der Waals surface area contributed by atoms with Crippen molar-refractivity contribution in [1.29, 1.82) is 5.26 Å². The number of hydrogen-bond acceptors (Lipinski definition) is 4. The predicted molar refractivity (Wildman–Crippen MR) is 108 cm³/mol. The van der Waals surface area contributed by atoms with Gasteiger partial charge in [0.05, 0.1) is 17.6 Å². The third-order valence-corrected chi connectivity index (χ3v) is 5.54. The highest BCUT2D eigenvalue weighted by atomic mass is 35.5. The Hall–Kier alpha value is -2.35. The van der Waals surface area contributed by atoms with Crippen LogP contribution in [0.3, 0.4) is 0 Å². The summed E-state index contributed by atoms with van der Waals surface area (Å²) in [6.45, 7) is 1.85. The van der Waals surface area contributed by atoms with Gasteiger partial charge in [0.2, 0.25) is 0 Å². The van der Waals surface area contributed by atoms with E-state index in [0.29, 0.717) is 26.9 Å². The van der Waals surface area contributed by atoms with Gasteiger partial charge < -0.3 is 0 Å². The molecule has 0 radical (unpaired) electrons. The number of rotatable bonds is 4. The van der Waals surface area contributed by atoms with Gasteiger partial charge in [0, 0.05) is 22.2 Å². The highest BCUT2D eigenvalue weighted by Gasteiger charge is 2.40. The number of nitriles is 1. The van der Waals surface area contributed by atoms with E-state index in [0.717, 1.165) is 5.56 Å². The summed E-state index contributed by atoms with van der Waals surface area (Å²) in [5.41, 5.74) is 2.58. The summed E-state index contributed by atoms with van der Waals surface area (Å²) in [4.78, 5) is 17.9. The zero-order valence-corrected chi connectivity index (χ0v) is 16.0. The van der Waals surface area contributed by atoms with Crippen LogP contribution >= 0.6 is 23.4 Å². The quantitative estimate of drug-likeness (QED) is 0.658. The molecule has 0 spiro atoms. The number of carbonyl (C=O) groups is 1. The van der Waals surface area contributed by atoms with Crippen LogP contribution in [-0.4, -0.2) is 17.8 Å². The third kappa shape index (κ3) is 3.33. The highest BCUT2D eigenvalue weighted by Crippen LogP contribution is 2.44. The van der Waals surface area contributed by atoms with Crippen LogP contribution in [0.15, 0.2) is 70.2 Å². The van der Waals surface area contributed by atoms with Gasteiger partial charge in [-0.15, -0.1) is 11.8 Å². The molecule has 0 aromatic heterocycles. The van der Waals surface area contributed by atoms with Crippen LogP contribution in [0, 0.1) is 17.2 Å². The number of Topliss-reactive ketones (excluding diaryl/α,β-unsaturated/α-hetero) is 1. The number of carbonyl (C=O) groups excluding carboxylic acids is 1. The molecule has 5 heteroatoms. The topological polar surface area (TPSA) is 53.2 Å². The molecule has 0 N–H and O–H groups in total. The van der Waals surface area contributed by atoms with E-state index in [1.54, 1.807) is 18.2 Å². The number of halogens is 1. The summed E-state index contributed by atoms with van der Waals surface area (Å²) in [6.07, 6.45) is 1.88. The van der Waals surface area contributed by atoms with Crippen LogP contribution in [0.1, 0.15) is 28.8 Å². The first-order valence-electron chi connectivity index (χ1n) is 8.15. The second kappa shape index (κ2) is 7.90. The summed E-state index contributed by atoms with van der Waals surface area (Å²) in [5, 5.41) is 11.0. The first-order valence-corrected chi connectivity index (χ1v) is 9.76. The Balaban J connectivity index is 2.20. The maximum atomic E-state index is 13.3. The second-order valence-electron chi connectivity index (χ2n) is 6.00. The van der Waals surface area contributed by atoms with E-state index < -0.39 is 11.8 Å². The van der Waals surface area contributed by atoms with Crippen molar-refractivity contribution in [2.45, 2.75) is 12.8 Å². The van der Waals surface area contributed by atoms with Gasteiger partial charge in [-0.3, -0.25) is 4.79 Å². The molecule has 2 aromatic rings. The van der Waals surface area contributed by atoms with Crippen LogP contribution < -0.4 is 0 Å². The van der Waals surface area contributed by atoms with Crippen molar-refractivity contribution in [2.24, 2.45) is 10.9 Å². The van der Waals surface area contributed by atoms with E-state index in [1.165, 1.54) is 11.8 Å². The van der Waals surface area contributed by atoms with Crippen molar-refractivity contribution in [1.82, 2.24) is 0 Å². The minimum atomic E-state index is -0.553. The standard InChI is InChI=1S/C21H17ClN2OS/c1-13-18(20(25)14-8-4-3-5-9-14)19(15-10-6-7-11-17(15)22)16(12-23)21(24-13)26-2/h3-11,18-19H,1-2H3/t18?,19-/m0/s1. The molecule has 0 saturated carbocycles. The number of nitrogens with zero attached hydrogens (tertiary/aromatic N) is 2. The molecule has 26 heavy (non-hydrogen) atoms. The minimum absolute atomic E-state index is 0.0512. The number of benzene rings is 2. The van der Waals surface area contributed by atoms with E-state index in [4.69, 9.17) is 11.6 Å². The van der Waals surface area contributed by atoms with Crippen molar-refractivity contribution in [3.63, 3.8) is 0 Å². The zero-order chi connectivity index (χ0) is 18.7. The number of allylic oxidation sites excluding steroid dienone is 1. The Morgan fingerprint density at radius 3 is 2.42 bits per heavy atom. The summed E-state index contributed by atoms with van der Waals surface area (Å²) < 4.78 is 0. The summed E-state index contributed by atoms with van der Waals surface area (Å²) in [5.74, 6) is -1.05. The van der Waals surface area contributed by atoms with Crippen LogP contribution in [0.25, 0.3) is 0 Å². The molecule has 3 rings (SSSR count). The predicted octanol–water partition coefficient (Wildman–Crippen LogP) is 5.50. The fourth-order valence-electron chi connectivity index (χ4n) is 3.29. The first kappa shape index (κ1) is 18.4. The lowest BCUT2D eigenvalue weighted by molar-refractivity contribution is 0.0945. The van der Waals surface area contributed by atoms with Gasteiger partial charge in [0.1, 0.15) is 5.03 Å². The lowest BCUT2D eigenvalue weighted by Gasteiger charge is -2.31. The number of aliphatic imine (C=N–C) groups is 1. The number of thioether (sulfide) groups is 1. The van der Waals surface area contributed by atoms with Crippen LogP contribution in [0.5, 0.6) is 0 Å². The van der Waals surface area contributed by atoms with Gasteiger partial charge in [-0.2, -0.15) is 5.26 Å². The van der Waals surface area contributed by atoms with Crippen molar-refractivity contribution in [3.8, 4) is 6.07 Å². The molecule has 1 aliphatic rings. The van der Waals surface area contributed by atoms with Crippen molar-refractivity contribution < 1.29 is 4.79 Å².